The first-order chi connectivity index (χ1) is 14.7. The van der Waals surface area contributed by atoms with E-state index in [0.717, 1.165) is 74.2 Å². The van der Waals surface area contributed by atoms with Crippen LogP contribution in [0.25, 0.3) is 0 Å². The summed E-state index contributed by atoms with van der Waals surface area (Å²) < 4.78 is 16.5. The summed E-state index contributed by atoms with van der Waals surface area (Å²) >= 11 is 0. The number of ether oxygens (including phenoxy) is 2. The number of guanidine groups is 1. The van der Waals surface area contributed by atoms with Crippen molar-refractivity contribution in [1.82, 2.24) is 15.8 Å². The topological polar surface area (TPSA) is 80.9 Å². The van der Waals surface area contributed by atoms with Gasteiger partial charge in [0.1, 0.15) is 11.5 Å². The van der Waals surface area contributed by atoms with Gasteiger partial charge in [-0.25, -0.2) is 0 Å². The molecule has 172 valence electrons. The molecule has 0 bridgehead atoms. The van der Waals surface area contributed by atoms with E-state index >= 15 is 0 Å². The molecule has 3 rings (SSSR count). The molecule has 0 aliphatic carbocycles. The molecule has 7 nitrogen and oxygen atoms in total. The molecule has 8 heteroatoms. The van der Waals surface area contributed by atoms with Crippen molar-refractivity contribution in [3.8, 4) is 5.75 Å². The highest BCUT2D eigenvalue weighted by molar-refractivity contribution is 14.0. The lowest BCUT2D eigenvalue weighted by Crippen LogP contribution is -2.48. The van der Waals surface area contributed by atoms with Crippen LogP contribution in [0.15, 0.2) is 33.8 Å². The van der Waals surface area contributed by atoms with Crippen LogP contribution in [0.3, 0.4) is 0 Å². The van der Waals surface area contributed by atoms with Gasteiger partial charge in [0.05, 0.1) is 12.8 Å². The summed E-state index contributed by atoms with van der Waals surface area (Å²) in [5, 5.41) is 11.2. The van der Waals surface area contributed by atoms with Gasteiger partial charge in [-0.1, -0.05) is 31.1 Å². The van der Waals surface area contributed by atoms with Crippen LogP contribution in [-0.4, -0.2) is 45.0 Å². The Bertz CT molecular complexity index is 808. The second-order valence-corrected chi connectivity index (χ2v) is 7.64. The third-order valence-electron chi connectivity index (χ3n) is 6.01. The summed E-state index contributed by atoms with van der Waals surface area (Å²) in [5.41, 5.74) is 3.45. The monoisotopic (exact) mass is 542 g/mol. The highest BCUT2D eigenvalue weighted by Crippen LogP contribution is 2.35. The van der Waals surface area contributed by atoms with E-state index < -0.39 is 0 Å². The van der Waals surface area contributed by atoms with Gasteiger partial charge in [0.15, 0.2) is 5.96 Å². The summed E-state index contributed by atoms with van der Waals surface area (Å²) in [6, 6.07) is 8.40. The molecule has 1 aliphatic rings. The number of methoxy groups -OCH3 is 1. The van der Waals surface area contributed by atoms with Crippen LogP contribution in [0.4, 0.5) is 0 Å². The molecule has 2 heterocycles. The molecule has 31 heavy (non-hydrogen) atoms. The van der Waals surface area contributed by atoms with Gasteiger partial charge >= 0.3 is 0 Å². The highest BCUT2D eigenvalue weighted by Gasteiger charge is 2.34. The molecule has 1 aromatic carbocycles. The Hall–Kier alpha value is -1.81. The van der Waals surface area contributed by atoms with E-state index in [4.69, 9.17) is 14.0 Å². The molecule has 0 radical (unpaired) electrons. The maximum Gasteiger partial charge on any atom is 0.191 e. The van der Waals surface area contributed by atoms with Crippen molar-refractivity contribution in [1.29, 1.82) is 0 Å². The molecule has 0 spiro atoms. The number of rotatable bonds is 8. The van der Waals surface area contributed by atoms with Gasteiger partial charge in [-0.05, 0) is 37.0 Å². The average molecular weight is 542 g/mol. The van der Waals surface area contributed by atoms with Crippen LogP contribution in [0.5, 0.6) is 5.75 Å². The maximum atomic E-state index is 5.66. The zero-order valence-corrected chi connectivity index (χ0v) is 21.3. The lowest BCUT2D eigenvalue weighted by molar-refractivity contribution is 0.0513. The number of hydrogen-bond donors (Lipinski definition) is 2. The predicted molar refractivity (Wildman–Crippen MR) is 134 cm³/mol. The van der Waals surface area contributed by atoms with Crippen molar-refractivity contribution in [2.45, 2.75) is 51.5 Å². The number of nitrogens with one attached hydrogen (secondary N) is 2. The fourth-order valence-corrected chi connectivity index (χ4v) is 4.06. The van der Waals surface area contributed by atoms with E-state index in [1.165, 1.54) is 5.56 Å². The molecule has 2 N–H and O–H groups in total. The number of aryl methyl sites for hydroxylation is 2. The summed E-state index contributed by atoms with van der Waals surface area (Å²) in [5.74, 6) is 2.59. The predicted octanol–water partition coefficient (Wildman–Crippen LogP) is 3.84. The average Bonchev–Trinajstić information content (AvgIpc) is 3.22. The van der Waals surface area contributed by atoms with Gasteiger partial charge in [-0.3, -0.25) is 4.99 Å². The van der Waals surface area contributed by atoms with Crippen molar-refractivity contribution in [2.24, 2.45) is 4.99 Å². The van der Waals surface area contributed by atoms with Crippen LogP contribution in [-0.2, 0) is 29.5 Å². The summed E-state index contributed by atoms with van der Waals surface area (Å²) in [4.78, 5) is 4.43. The molecule has 0 unspecified atom stereocenters. The molecular weight excluding hydrogens is 507 g/mol. The molecule has 0 saturated carbocycles. The van der Waals surface area contributed by atoms with Crippen molar-refractivity contribution >= 4 is 29.9 Å². The number of hydrogen-bond acceptors (Lipinski definition) is 5. The van der Waals surface area contributed by atoms with E-state index in [-0.39, 0.29) is 29.4 Å². The lowest BCUT2D eigenvalue weighted by atomic mass is 9.74. The van der Waals surface area contributed by atoms with Gasteiger partial charge in [-0.2, -0.15) is 0 Å². The minimum Gasteiger partial charge on any atom is -0.497 e. The first-order valence-electron chi connectivity index (χ1n) is 10.8. The van der Waals surface area contributed by atoms with Gasteiger partial charge in [0, 0.05) is 50.8 Å². The van der Waals surface area contributed by atoms with E-state index in [0.29, 0.717) is 6.54 Å². The second-order valence-electron chi connectivity index (χ2n) is 7.64. The Kier molecular flexibility index (Phi) is 10.1. The van der Waals surface area contributed by atoms with E-state index in [1.54, 1.807) is 14.2 Å². The fraction of sp³-hybridized carbons (Fsp3) is 0.565. The third-order valence-corrected chi connectivity index (χ3v) is 6.01. The molecule has 0 amide bonds. The highest BCUT2D eigenvalue weighted by atomic mass is 127. The Morgan fingerprint density at radius 3 is 2.42 bits per heavy atom. The number of halogens is 1. The van der Waals surface area contributed by atoms with Crippen LogP contribution in [0.2, 0.25) is 0 Å². The maximum absolute atomic E-state index is 5.66. The fourth-order valence-electron chi connectivity index (χ4n) is 4.06. The quantitative estimate of drug-likeness (QED) is 0.300. The van der Waals surface area contributed by atoms with E-state index in [9.17, 15) is 0 Å². The van der Waals surface area contributed by atoms with Gasteiger partial charge in [0.25, 0.3) is 0 Å². The van der Waals surface area contributed by atoms with Crippen LogP contribution in [0.1, 0.15) is 49.3 Å². The molecule has 1 aliphatic heterocycles. The summed E-state index contributed by atoms with van der Waals surface area (Å²) in [6.45, 7) is 7.14. The van der Waals surface area contributed by atoms with E-state index in [2.05, 4.69) is 46.8 Å². The number of nitrogens with zero attached hydrogens (tertiary/aromatic N) is 2. The van der Waals surface area contributed by atoms with Gasteiger partial charge in [-0.15, -0.1) is 24.0 Å². The number of aromatic nitrogens is 1. The van der Waals surface area contributed by atoms with Crippen molar-refractivity contribution in [3.05, 3.63) is 46.8 Å². The molecule has 2 aromatic rings. The Morgan fingerprint density at radius 1 is 1.13 bits per heavy atom. The van der Waals surface area contributed by atoms with Crippen molar-refractivity contribution in [3.63, 3.8) is 0 Å². The molecular formula is C23H35IN4O3. The minimum absolute atomic E-state index is 0. The summed E-state index contributed by atoms with van der Waals surface area (Å²) in [6.07, 6.45) is 3.62. The molecule has 1 saturated heterocycles. The van der Waals surface area contributed by atoms with Crippen LogP contribution >= 0.6 is 24.0 Å². The second kappa shape index (κ2) is 12.3. The third kappa shape index (κ3) is 6.12. The first kappa shape index (κ1) is 25.5. The van der Waals surface area contributed by atoms with Crippen molar-refractivity contribution < 1.29 is 14.0 Å². The van der Waals surface area contributed by atoms with Gasteiger partial charge < -0.3 is 24.6 Å². The first-order valence-corrected chi connectivity index (χ1v) is 10.8. The molecule has 1 fully saturated rings. The normalized spacial score (nSPS) is 15.8. The lowest BCUT2D eigenvalue weighted by Gasteiger charge is -2.38. The number of aliphatic imine (C=N–C) groups is 1. The van der Waals surface area contributed by atoms with Crippen molar-refractivity contribution in [2.75, 3.05) is 33.9 Å². The van der Waals surface area contributed by atoms with Crippen LogP contribution in [0, 0.1) is 0 Å². The zero-order chi connectivity index (χ0) is 21.4. The number of benzene rings is 1. The molecule has 0 atom stereocenters. The standard InChI is InChI=1S/C23H34N4O3.HI/c1-5-20-19(21(6-2)30-27-20)15-25-22(24-3)26-16-23(11-13-29-14-12-23)17-7-9-18(28-4)10-8-17;/h7-10H,5-6,11-16H2,1-4H3,(H2,24,25,26);1H. The Morgan fingerprint density at radius 2 is 1.84 bits per heavy atom. The minimum atomic E-state index is 0. The van der Waals surface area contributed by atoms with E-state index in [1.807, 2.05) is 12.1 Å². The summed E-state index contributed by atoms with van der Waals surface area (Å²) in [7, 11) is 3.49. The SMILES string of the molecule is CCc1noc(CC)c1CNC(=NC)NCC1(c2ccc(OC)cc2)CCOCC1.I. The largest absolute Gasteiger partial charge is 0.497 e. The Balaban J connectivity index is 0.00000341. The molecule has 1 aromatic heterocycles. The van der Waals surface area contributed by atoms with Gasteiger partial charge in [0.2, 0.25) is 0 Å². The zero-order valence-electron chi connectivity index (χ0n) is 19.0. The van der Waals surface area contributed by atoms with Crippen LogP contribution < -0.4 is 15.4 Å². The smallest absolute Gasteiger partial charge is 0.191 e. The Labute approximate surface area is 202 Å².